The molecule has 2 N–H and O–H groups in total. The molecule has 0 bridgehead atoms. The number of benzene rings is 4. The van der Waals surface area contributed by atoms with Gasteiger partial charge in [0, 0.05) is 28.1 Å². The molecule has 1 atom stereocenters. The number of para-hydroxylation sites is 1. The van der Waals surface area contributed by atoms with E-state index in [1.165, 1.54) is 56.3 Å². The molecule has 0 aromatic heterocycles. The van der Waals surface area contributed by atoms with Gasteiger partial charge >= 0.3 is 5.97 Å². The number of ether oxygens (including phenoxy) is 3. The standard InChI is InChI=1S/C37H33N3O8S/c1-4-48-37(45)24-16-18-27(19-17-24)40-32(41)22-31(36(40)44)49-28-14-9-13-26(21-28)38-35(43)29(39-34(42)23-10-6-5-7-11-23)20-25-12-8-15-30(46-2)33(25)47-3/h5-21,31H,4,22H2,1-3H3,(H,38,43)(H,39,42)/b29-20-. The lowest BCUT2D eigenvalue weighted by molar-refractivity contribution is -0.121. The third kappa shape index (κ3) is 8.17. The van der Waals surface area contributed by atoms with Crippen molar-refractivity contribution < 1.29 is 38.2 Å². The molecule has 1 heterocycles. The van der Waals surface area contributed by atoms with Gasteiger partial charge in [0.1, 0.15) is 5.70 Å². The molecule has 4 aromatic rings. The lowest BCUT2D eigenvalue weighted by Crippen LogP contribution is -2.31. The van der Waals surface area contributed by atoms with E-state index in [1.807, 2.05) is 0 Å². The highest BCUT2D eigenvalue weighted by molar-refractivity contribution is 8.00. The van der Waals surface area contributed by atoms with E-state index in [2.05, 4.69) is 10.6 Å². The molecule has 1 aliphatic rings. The predicted octanol–water partition coefficient (Wildman–Crippen LogP) is 5.71. The van der Waals surface area contributed by atoms with Gasteiger partial charge in [0.25, 0.3) is 11.8 Å². The molecule has 250 valence electrons. The third-order valence-electron chi connectivity index (χ3n) is 7.37. The number of carbonyl (C=O) groups excluding carboxylic acids is 5. The maximum Gasteiger partial charge on any atom is 0.338 e. The minimum absolute atomic E-state index is 0.0273. The Kier molecular flexibility index (Phi) is 11.1. The number of esters is 1. The summed E-state index contributed by atoms with van der Waals surface area (Å²) in [6, 6.07) is 26.6. The van der Waals surface area contributed by atoms with E-state index < -0.39 is 28.9 Å². The van der Waals surface area contributed by atoms with Crippen molar-refractivity contribution in [3.63, 3.8) is 0 Å². The Morgan fingerprint density at radius 1 is 0.878 bits per heavy atom. The molecule has 12 heteroatoms. The number of hydrogen-bond donors (Lipinski definition) is 2. The van der Waals surface area contributed by atoms with Crippen LogP contribution in [0.4, 0.5) is 11.4 Å². The van der Waals surface area contributed by atoms with Gasteiger partial charge in [-0.05, 0) is 73.7 Å². The van der Waals surface area contributed by atoms with Crippen LogP contribution in [0.25, 0.3) is 6.08 Å². The third-order valence-corrected chi connectivity index (χ3v) is 8.55. The summed E-state index contributed by atoms with van der Waals surface area (Å²) in [5.74, 6) is -1.53. The summed E-state index contributed by atoms with van der Waals surface area (Å²) in [6.45, 7) is 1.94. The Hall–Kier alpha value is -5.88. The van der Waals surface area contributed by atoms with E-state index in [-0.39, 0.29) is 24.6 Å². The first-order chi connectivity index (χ1) is 23.7. The molecule has 0 spiro atoms. The van der Waals surface area contributed by atoms with Gasteiger partial charge in [0.2, 0.25) is 11.8 Å². The van der Waals surface area contributed by atoms with Crippen molar-refractivity contribution in [3.05, 3.63) is 119 Å². The van der Waals surface area contributed by atoms with Crippen LogP contribution in [-0.4, -0.2) is 55.7 Å². The SMILES string of the molecule is CCOC(=O)c1ccc(N2C(=O)CC(Sc3cccc(NC(=O)/C(=C/c4cccc(OC)c4OC)NC(=O)c4ccccc4)c3)C2=O)cc1. The Balaban J connectivity index is 1.34. The number of nitrogens with zero attached hydrogens (tertiary/aromatic N) is 1. The van der Waals surface area contributed by atoms with E-state index in [0.717, 1.165) is 4.90 Å². The largest absolute Gasteiger partial charge is 0.493 e. The lowest BCUT2D eigenvalue weighted by Gasteiger charge is -2.16. The lowest BCUT2D eigenvalue weighted by atomic mass is 10.1. The molecule has 0 aliphatic carbocycles. The minimum Gasteiger partial charge on any atom is -0.493 e. The van der Waals surface area contributed by atoms with E-state index in [0.29, 0.717) is 44.5 Å². The van der Waals surface area contributed by atoms with E-state index in [4.69, 9.17) is 14.2 Å². The Morgan fingerprint density at radius 3 is 2.31 bits per heavy atom. The summed E-state index contributed by atoms with van der Waals surface area (Å²) in [6.07, 6.45) is 1.47. The molecule has 0 saturated carbocycles. The number of imide groups is 1. The van der Waals surface area contributed by atoms with Crippen LogP contribution in [0, 0.1) is 0 Å². The molecule has 11 nitrogen and oxygen atoms in total. The topological polar surface area (TPSA) is 140 Å². The van der Waals surface area contributed by atoms with Crippen LogP contribution < -0.4 is 25.0 Å². The molecule has 5 rings (SSSR count). The van der Waals surface area contributed by atoms with Crippen LogP contribution in [0.15, 0.2) is 108 Å². The minimum atomic E-state index is -0.704. The zero-order valence-corrected chi connectivity index (χ0v) is 27.7. The zero-order valence-electron chi connectivity index (χ0n) is 26.9. The highest BCUT2D eigenvalue weighted by Gasteiger charge is 2.40. The molecule has 4 amide bonds. The number of carbonyl (C=O) groups is 5. The summed E-state index contributed by atoms with van der Waals surface area (Å²) in [4.78, 5) is 66.8. The van der Waals surface area contributed by atoms with Crippen LogP contribution in [0.5, 0.6) is 11.5 Å². The second-order valence-electron chi connectivity index (χ2n) is 10.6. The molecular formula is C37H33N3O8S. The average Bonchev–Trinajstić information content (AvgIpc) is 3.39. The van der Waals surface area contributed by atoms with E-state index >= 15 is 0 Å². The first-order valence-corrected chi connectivity index (χ1v) is 16.1. The van der Waals surface area contributed by atoms with Crippen molar-refractivity contribution in [1.82, 2.24) is 5.32 Å². The first-order valence-electron chi connectivity index (χ1n) is 15.2. The number of nitrogens with one attached hydrogen (secondary N) is 2. The number of anilines is 2. The number of rotatable bonds is 12. The van der Waals surface area contributed by atoms with Gasteiger partial charge < -0.3 is 24.8 Å². The van der Waals surface area contributed by atoms with Crippen molar-refractivity contribution in [1.29, 1.82) is 0 Å². The molecular weight excluding hydrogens is 646 g/mol. The molecule has 0 radical (unpaired) electrons. The molecule has 1 unspecified atom stereocenters. The van der Waals surface area contributed by atoms with Gasteiger partial charge in [-0.2, -0.15) is 0 Å². The van der Waals surface area contributed by atoms with Gasteiger partial charge in [0.15, 0.2) is 11.5 Å². The average molecular weight is 680 g/mol. The fourth-order valence-electron chi connectivity index (χ4n) is 5.06. The maximum atomic E-state index is 13.7. The highest BCUT2D eigenvalue weighted by atomic mass is 32.2. The summed E-state index contributed by atoms with van der Waals surface area (Å²) in [5.41, 5.74) is 1.87. The second kappa shape index (κ2) is 15.8. The van der Waals surface area contributed by atoms with Crippen molar-refractivity contribution in [2.45, 2.75) is 23.5 Å². The van der Waals surface area contributed by atoms with Gasteiger partial charge in [-0.3, -0.25) is 19.2 Å². The van der Waals surface area contributed by atoms with Crippen LogP contribution in [0.1, 0.15) is 39.6 Å². The summed E-state index contributed by atoms with van der Waals surface area (Å²) in [7, 11) is 2.97. The smallest absolute Gasteiger partial charge is 0.338 e. The monoisotopic (exact) mass is 679 g/mol. The van der Waals surface area contributed by atoms with E-state index in [1.54, 1.807) is 79.7 Å². The summed E-state index contributed by atoms with van der Waals surface area (Å²) >= 11 is 1.19. The second-order valence-corrected chi connectivity index (χ2v) is 11.9. The van der Waals surface area contributed by atoms with Crippen LogP contribution >= 0.6 is 11.8 Å². The van der Waals surface area contributed by atoms with Crippen LogP contribution in [0.3, 0.4) is 0 Å². The fraction of sp³-hybridized carbons (Fsp3) is 0.162. The summed E-state index contributed by atoms with van der Waals surface area (Å²) < 4.78 is 15.9. The quantitative estimate of drug-likeness (QED) is 0.109. The summed E-state index contributed by atoms with van der Waals surface area (Å²) in [5, 5.41) is 4.82. The number of amides is 4. The van der Waals surface area contributed by atoms with Crippen LogP contribution in [-0.2, 0) is 19.1 Å². The van der Waals surface area contributed by atoms with Gasteiger partial charge in [-0.25, -0.2) is 9.69 Å². The first kappa shape index (κ1) is 34.5. The van der Waals surface area contributed by atoms with Crippen molar-refractivity contribution >= 4 is 58.8 Å². The van der Waals surface area contributed by atoms with Crippen LogP contribution in [0.2, 0.25) is 0 Å². The number of hydrogen-bond acceptors (Lipinski definition) is 9. The zero-order chi connectivity index (χ0) is 34.9. The molecule has 49 heavy (non-hydrogen) atoms. The fourth-order valence-corrected chi connectivity index (χ4v) is 6.17. The van der Waals surface area contributed by atoms with Crippen molar-refractivity contribution in [3.8, 4) is 11.5 Å². The normalized spacial score (nSPS) is 14.3. The number of thioether (sulfide) groups is 1. The molecule has 1 saturated heterocycles. The van der Waals surface area contributed by atoms with Crippen molar-refractivity contribution in [2.24, 2.45) is 0 Å². The molecule has 1 aliphatic heterocycles. The Bertz CT molecular complexity index is 1910. The Morgan fingerprint density at radius 2 is 1.61 bits per heavy atom. The number of methoxy groups -OCH3 is 2. The van der Waals surface area contributed by atoms with Crippen molar-refractivity contribution in [2.75, 3.05) is 31.0 Å². The van der Waals surface area contributed by atoms with Gasteiger partial charge in [0.05, 0.1) is 37.3 Å². The highest BCUT2D eigenvalue weighted by Crippen LogP contribution is 2.35. The Labute approximate surface area is 287 Å². The van der Waals surface area contributed by atoms with Gasteiger partial charge in [-0.1, -0.05) is 36.4 Å². The van der Waals surface area contributed by atoms with Gasteiger partial charge in [-0.15, -0.1) is 11.8 Å². The molecule has 1 fully saturated rings. The molecule has 4 aromatic carbocycles. The van der Waals surface area contributed by atoms with E-state index in [9.17, 15) is 24.0 Å². The maximum absolute atomic E-state index is 13.7. The predicted molar refractivity (Wildman–Crippen MR) is 186 cm³/mol.